The number of halogens is 3. The number of aryl methyl sites for hydroxylation is 1. The van der Waals surface area contributed by atoms with E-state index in [0.29, 0.717) is 17.5 Å². The lowest BCUT2D eigenvalue weighted by Crippen LogP contribution is -2.03. The van der Waals surface area contributed by atoms with Crippen LogP contribution in [0.5, 0.6) is 0 Å². The van der Waals surface area contributed by atoms with Crippen LogP contribution < -0.4 is 0 Å². The molecule has 0 fully saturated rings. The summed E-state index contributed by atoms with van der Waals surface area (Å²) in [5.41, 5.74) is 3.03. The topological polar surface area (TPSA) is 21.6 Å². The van der Waals surface area contributed by atoms with Crippen LogP contribution in [-0.4, -0.2) is 12.5 Å². The first-order valence-corrected chi connectivity index (χ1v) is 8.02. The average Bonchev–Trinajstić information content (AvgIpc) is 2.87. The molecule has 0 spiro atoms. The molecule has 0 N–H and O–H groups in total. The number of aliphatic imine (C=N–C) groups is 1. The van der Waals surface area contributed by atoms with E-state index in [2.05, 4.69) is 20.9 Å². The molecule has 3 rings (SSSR count). The van der Waals surface area contributed by atoms with E-state index < -0.39 is 0 Å². The molecular formula is C16H12BrCl2NO. The van der Waals surface area contributed by atoms with Crippen molar-refractivity contribution in [2.45, 2.75) is 13.0 Å². The molecule has 1 heterocycles. The van der Waals surface area contributed by atoms with Crippen LogP contribution in [0.2, 0.25) is 10.0 Å². The van der Waals surface area contributed by atoms with Crippen LogP contribution in [0.25, 0.3) is 0 Å². The van der Waals surface area contributed by atoms with Gasteiger partial charge in [0.05, 0.1) is 10.6 Å². The van der Waals surface area contributed by atoms with Gasteiger partial charge in [-0.15, -0.1) is 0 Å². The van der Waals surface area contributed by atoms with Gasteiger partial charge < -0.3 is 4.74 Å². The molecule has 1 atom stereocenters. The van der Waals surface area contributed by atoms with Gasteiger partial charge in [-0.05, 0) is 58.2 Å². The van der Waals surface area contributed by atoms with E-state index in [1.165, 1.54) is 0 Å². The maximum atomic E-state index is 6.25. The summed E-state index contributed by atoms with van der Waals surface area (Å²) in [5.74, 6) is 0.576. The first-order valence-electron chi connectivity index (χ1n) is 6.47. The van der Waals surface area contributed by atoms with E-state index >= 15 is 0 Å². The predicted molar refractivity (Wildman–Crippen MR) is 90.6 cm³/mol. The van der Waals surface area contributed by atoms with Gasteiger partial charge in [0.25, 0.3) is 0 Å². The fourth-order valence-electron chi connectivity index (χ4n) is 2.39. The molecule has 2 nitrogen and oxygen atoms in total. The van der Waals surface area contributed by atoms with Crippen molar-refractivity contribution < 1.29 is 4.74 Å². The summed E-state index contributed by atoms with van der Waals surface area (Å²) in [6.07, 6.45) is 0. The number of ether oxygens (including phenoxy) is 1. The van der Waals surface area contributed by atoms with Crippen molar-refractivity contribution in [1.29, 1.82) is 0 Å². The molecule has 0 amide bonds. The Balaban J connectivity index is 1.98. The van der Waals surface area contributed by atoms with Crippen molar-refractivity contribution in [2.24, 2.45) is 4.99 Å². The maximum Gasteiger partial charge on any atom is 0.219 e. The second-order valence-corrected chi connectivity index (χ2v) is 6.56. The zero-order valence-corrected chi connectivity index (χ0v) is 14.3. The minimum atomic E-state index is -0.0274. The minimum Gasteiger partial charge on any atom is -0.475 e. The molecule has 0 saturated heterocycles. The van der Waals surface area contributed by atoms with E-state index in [9.17, 15) is 0 Å². The van der Waals surface area contributed by atoms with Gasteiger partial charge in [0.15, 0.2) is 0 Å². The van der Waals surface area contributed by atoms with Crippen LogP contribution in [0.3, 0.4) is 0 Å². The lowest BCUT2D eigenvalue weighted by Gasteiger charge is -2.09. The Morgan fingerprint density at radius 3 is 2.76 bits per heavy atom. The SMILES string of the molecule is Cc1cc(Cl)ccc1C1COC(c2c(Cl)cccc2Br)=N1. The Morgan fingerprint density at radius 2 is 2.05 bits per heavy atom. The molecule has 21 heavy (non-hydrogen) atoms. The molecule has 108 valence electrons. The third-order valence-electron chi connectivity index (χ3n) is 3.42. The highest BCUT2D eigenvalue weighted by Gasteiger charge is 2.25. The second kappa shape index (κ2) is 5.99. The number of nitrogens with zero attached hydrogens (tertiary/aromatic N) is 1. The quantitative estimate of drug-likeness (QED) is 0.661. The lowest BCUT2D eigenvalue weighted by molar-refractivity contribution is 0.319. The summed E-state index contributed by atoms with van der Waals surface area (Å²) in [7, 11) is 0. The standard InChI is InChI=1S/C16H12BrCl2NO/c1-9-7-10(18)5-6-11(9)14-8-21-16(20-14)15-12(17)3-2-4-13(15)19/h2-7,14H,8H2,1H3. The monoisotopic (exact) mass is 383 g/mol. The Bertz CT molecular complexity index is 710. The summed E-state index contributed by atoms with van der Waals surface area (Å²) in [6.45, 7) is 2.54. The van der Waals surface area contributed by atoms with Crippen LogP contribution in [0.1, 0.15) is 22.7 Å². The molecule has 0 saturated carbocycles. The molecule has 1 aliphatic heterocycles. The molecule has 5 heteroatoms. The van der Waals surface area contributed by atoms with Crippen molar-refractivity contribution in [3.05, 3.63) is 67.6 Å². The van der Waals surface area contributed by atoms with Gasteiger partial charge in [-0.1, -0.05) is 35.3 Å². The Labute approximate surface area is 141 Å². The van der Waals surface area contributed by atoms with Gasteiger partial charge in [-0.25, -0.2) is 4.99 Å². The molecular weight excluding hydrogens is 373 g/mol. The molecule has 1 unspecified atom stereocenters. The number of hydrogen-bond donors (Lipinski definition) is 0. The Kier molecular flexibility index (Phi) is 4.25. The highest BCUT2D eigenvalue weighted by molar-refractivity contribution is 9.10. The van der Waals surface area contributed by atoms with Crippen molar-refractivity contribution in [1.82, 2.24) is 0 Å². The Hall–Kier alpha value is -1.03. The number of benzene rings is 2. The molecule has 1 aliphatic rings. The van der Waals surface area contributed by atoms with Crippen molar-refractivity contribution >= 4 is 45.0 Å². The summed E-state index contributed by atoms with van der Waals surface area (Å²) in [4.78, 5) is 4.68. The van der Waals surface area contributed by atoms with Crippen LogP contribution in [0, 0.1) is 6.92 Å². The van der Waals surface area contributed by atoms with Crippen molar-refractivity contribution in [2.75, 3.05) is 6.61 Å². The van der Waals surface area contributed by atoms with E-state index in [1.54, 1.807) is 0 Å². The minimum absolute atomic E-state index is 0.0274. The molecule has 0 aromatic heterocycles. The highest BCUT2D eigenvalue weighted by Crippen LogP contribution is 2.33. The predicted octanol–water partition coefficient (Wildman–Crippen LogP) is 5.58. The normalized spacial score (nSPS) is 17.5. The largest absolute Gasteiger partial charge is 0.475 e. The molecule has 0 bridgehead atoms. The second-order valence-electron chi connectivity index (χ2n) is 4.86. The zero-order valence-electron chi connectivity index (χ0n) is 11.2. The summed E-state index contributed by atoms with van der Waals surface area (Å²) < 4.78 is 6.63. The summed E-state index contributed by atoms with van der Waals surface area (Å²) in [5, 5.41) is 1.35. The maximum absolute atomic E-state index is 6.25. The van der Waals surface area contributed by atoms with E-state index in [-0.39, 0.29) is 6.04 Å². The average molecular weight is 385 g/mol. The molecule has 0 aliphatic carbocycles. The summed E-state index contributed by atoms with van der Waals surface area (Å²) >= 11 is 15.7. The molecule has 2 aromatic carbocycles. The third-order valence-corrected chi connectivity index (χ3v) is 4.63. The van der Waals surface area contributed by atoms with Crippen molar-refractivity contribution in [3.63, 3.8) is 0 Å². The van der Waals surface area contributed by atoms with Gasteiger partial charge in [-0.3, -0.25) is 0 Å². The fraction of sp³-hybridized carbons (Fsp3) is 0.188. The van der Waals surface area contributed by atoms with Gasteiger partial charge in [-0.2, -0.15) is 0 Å². The Morgan fingerprint density at radius 1 is 1.24 bits per heavy atom. The summed E-state index contributed by atoms with van der Waals surface area (Å²) in [6, 6.07) is 11.4. The third kappa shape index (κ3) is 2.96. The highest BCUT2D eigenvalue weighted by atomic mass is 79.9. The van der Waals surface area contributed by atoms with Gasteiger partial charge in [0.1, 0.15) is 12.6 Å². The molecule has 2 aromatic rings. The number of hydrogen-bond acceptors (Lipinski definition) is 2. The van der Waals surface area contributed by atoms with Crippen LogP contribution in [0.15, 0.2) is 45.9 Å². The van der Waals surface area contributed by atoms with E-state index in [0.717, 1.165) is 26.2 Å². The van der Waals surface area contributed by atoms with Crippen LogP contribution in [0.4, 0.5) is 0 Å². The zero-order chi connectivity index (χ0) is 15.0. The lowest BCUT2D eigenvalue weighted by atomic mass is 10.0. The first kappa shape index (κ1) is 14.9. The first-order chi connectivity index (χ1) is 10.1. The van der Waals surface area contributed by atoms with E-state index in [4.69, 9.17) is 27.9 Å². The van der Waals surface area contributed by atoms with E-state index in [1.807, 2.05) is 43.3 Å². The fourth-order valence-corrected chi connectivity index (χ4v) is 3.52. The van der Waals surface area contributed by atoms with Crippen LogP contribution >= 0.6 is 39.1 Å². The van der Waals surface area contributed by atoms with Gasteiger partial charge >= 0.3 is 0 Å². The van der Waals surface area contributed by atoms with Crippen molar-refractivity contribution in [3.8, 4) is 0 Å². The van der Waals surface area contributed by atoms with Gasteiger partial charge in [0, 0.05) is 9.50 Å². The molecule has 0 radical (unpaired) electrons. The number of rotatable bonds is 2. The van der Waals surface area contributed by atoms with Crippen LogP contribution in [-0.2, 0) is 4.74 Å². The smallest absolute Gasteiger partial charge is 0.219 e. The van der Waals surface area contributed by atoms with Gasteiger partial charge in [0.2, 0.25) is 5.90 Å².